The van der Waals surface area contributed by atoms with E-state index in [1.807, 2.05) is 13.8 Å². The molecule has 0 radical (unpaired) electrons. The van der Waals surface area contributed by atoms with Gasteiger partial charge in [0, 0.05) is 18.9 Å². The lowest BCUT2D eigenvalue weighted by atomic mass is 10.0. The first kappa shape index (κ1) is 16.0. The van der Waals surface area contributed by atoms with Crippen LogP contribution in [0.4, 0.5) is 0 Å². The van der Waals surface area contributed by atoms with Gasteiger partial charge >= 0.3 is 0 Å². The van der Waals surface area contributed by atoms with Crippen molar-refractivity contribution in [3.05, 3.63) is 0 Å². The molecule has 2 saturated heterocycles. The van der Waals surface area contributed by atoms with Crippen LogP contribution in [0.5, 0.6) is 0 Å². The Labute approximate surface area is 129 Å². The molecule has 0 aliphatic carbocycles. The summed E-state index contributed by atoms with van der Waals surface area (Å²) >= 11 is 5.09. The molecule has 2 aliphatic rings. The molecule has 21 heavy (non-hydrogen) atoms. The first-order valence-corrected chi connectivity index (χ1v) is 7.74. The topological polar surface area (TPSA) is 71.0 Å². The third kappa shape index (κ3) is 3.65. The molecule has 0 bridgehead atoms. The molecule has 0 aromatic heterocycles. The van der Waals surface area contributed by atoms with Crippen LogP contribution in [-0.4, -0.2) is 53.3 Å². The predicted molar refractivity (Wildman–Crippen MR) is 83.2 cm³/mol. The Balaban J connectivity index is 2.02. The Morgan fingerprint density at radius 3 is 2.95 bits per heavy atom. The van der Waals surface area contributed by atoms with E-state index >= 15 is 0 Å². The maximum Gasteiger partial charge on any atom is 0.247 e. The van der Waals surface area contributed by atoms with Crippen molar-refractivity contribution in [2.75, 3.05) is 13.2 Å². The van der Waals surface area contributed by atoms with Crippen LogP contribution in [0.1, 0.15) is 33.1 Å². The molecule has 1 N–H and O–H groups in total. The number of hydrogen-bond donors (Lipinski definition) is 1. The number of nitrogens with zero attached hydrogens (tertiary/aromatic N) is 2. The van der Waals surface area contributed by atoms with E-state index in [4.69, 9.17) is 17.0 Å². The third-order valence-corrected chi connectivity index (χ3v) is 4.15. The minimum Gasteiger partial charge on any atom is -0.376 e. The number of carbonyl (C=O) groups is 2. The lowest BCUT2D eigenvalue weighted by Crippen LogP contribution is -2.60. The number of ether oxygens (including phenoxy) is 1. The molecule has 116 valence electrons. The van der Waals surface area contributed by atoms with Crippen molar-refractivity contribution in [2.45, 2.75) is 45.3 Å². The number of thiocarbonyl (C=S) groups is 1. The summed E-state index contributed by atoms with van der Waals surface area (Å²) in [6.07, 6.45) is 4.32. The van der Waals surface area contributed by atoms with E-state index < -0.39 is 11.8 Å². The van der Waals surface area contributed by atoms with Gasteiger partial charge < -0.3 is 10.1 Å². The van der Waals surface area contributed by atoms with E-state index in [0.29, 0.717) is 6.54 Å². The van der Waals surface area contributed by atoms with E-state index in [0.717, 1.165) is 25.9 Å². The Morgan fingerprint density at radius 1 is 1.57 bits per heavy atom. The molecule has 7 heteroatoms. The fraction of sp³-hybridized carbons (Fsp3) is 0.714. The van der Waals surface area contributed by atoms with Gasteiger partial charge in [-0.1, -0.05) is 6.92 Å². The van der Waals surface area contributed by atoms with Gasteiger partial charge in [0.25, 0.3) is 0 Å². The van der Waals surface area contributed by atoms with Crippen molar-refractivity contribution in [1.29, 1.82) is 0 Å². The van der Waals surface area contributed by atoms with Crippen LogP contribution < -0.4 is 5.32 Å². The highest BCUT2D eigenvalue weighted by Crippen LogP contribution is 2.15. The first-order valence-electron chi connectivity index (χ1n) is 7.34. The van der Waals surface area contributed by atoms with Crippen molar-refractivity contribution >= 4 is 35.4 Å². The molecular weight excluding hydrogens is 290 g/mol. The van der Waals surface area contributed by atoms with Crippen LogP contribution in [0, 0.1) is 5.92 Å². The van der Waals surface area contributed by atoms with E-state index in [-0.39, 0.29) is 23.2 Å². The summed E-state index contributed by atoms with van der Waals surface area (Å²) in [5.74, 6) is -1.60. The smallest absolute Gasteiger partial charge is 0.247 e. The predicted octanol–water partition coefficient (Wildman–Crippen LogP) is 0.894. The summed E-state index contributed by atoms with van der Waals surface area (Å²) in [4.78, 5) is 30.1. The lowest BCUT2D eigenvalue weighted by Gasteiger charge is -2.34. The zero-order chi connectivity index (χ0) is 15.4. The zero-order valence-corrected chi connectivity index (χ0v) is 13.2. The van der Waals surface area contributed by atoms with Crippen molar-refractivity contribution in [2.24, 2.45) is 10.9 Å². The second-order valence-electron chi connectivity index (χ2n) is 5.39. The second-order valence-corrected chi connectivity index (χ2v) is 5.77. The average molecular weight is 311 g/mol. The van der Waals surface area contributed by atoms with Crippen molar-refractivity contribution in [3.63, 3.8) is 0 Å². The lowest BCUT2D eigenvalue weighted by molar-refractivity contribution is -0.139. The van der Waals surface area contributed by atoms with Gasteiger partial charge in [0.05, 0.1) is 12.6 Å². The van der Waals surface area contributed by atoms with Crippen molar-refractivity contribution in [3.8, 4) is 0 Å². The quantitative estimate of drug-likeness (QED) is 0.465. The third-order valence-electron chi connectivity index (χ3n) is 3.85. The molecular formula is C14H21N3O3S. The highest BCUT2D eigenvalue weighted by molar-refractivity contribution is 7.80. The van der Waals surface area contributed by atoms with Gasteiger partial charge in [-0.15, -0.1) is 0 Å². The molecule has 0 saturated carbocycles. The Morgan fingerprint density at radius 2 is 2.33 bits per heavy atom. The number of aliphatic imine (C=N–C) groups is 1. The molecule has 2 amide bonds. The minimum atomic E-state index is -0.896. The SMILES string of the molecule is CC[C@@H](C)N1C(=O)[C@@H](C=NC[C@H]2CCCO2)C(=O)NC1=S. The van der Waals surface area contributed by atoms with Crippen LogP contribution in [-0.2, 0) is 14.3 Å². The average Bonchev–Trinajstić information content (AvgIpc) is 2.95. The zero-order valence-electron chi connectivity index (χ0n) is 12.4. The normalized spacial score (nSPS) is 28.3. The van der Waals surface area contributed by atoms with Crippen LogP contribution >= 0.6 is 12.2 Å². The van der Waals surface area contributed by atoms with E-state index in [2.05, 4.69) is 10.3 Å². The summed E-state index contributed by atoms with van der Waals surface area (Å²) in [5, 5.41) is 2.76. The largest absolute Gasteiger partial charge is 0.376 e. The molecule has 2 aliphatic heterocycles. The van der Waals surface area contributed by atoms with Gasteiger partial charge in [-0.05, 0) is 38.4 Å². The molecule has 0 aromatic carbocycles. The maximum absolute atomic E-state index is 12.4. The van der Waals surface area contributed by atoms with Crippen LogP contribution in [0.15, 0.2) is 4.99 Å². The molecule has 0 aromatic rings. The van der Waals surface area contributed by atoms with Crippen LogP contribution in [0.2, 0.25) is 0 Å². The van der Waals surface area contributed by atoms with Gasteiger partial charge in [0.2, 0.25) is 11.8 Å². The fourth-order valence-corrected chi connectivity index (χ4v) is 2.78. The van der Waals surface area contributed by atoms with Crippen LogP contribution in [0.3, 0.4) is 0 Å². The molecule has 0 spiro atoms. The van der Waals surface area contributed by atoms with Crippen LogP contribution in [0.25, 0.3) is 0 Å². The highest BCUT2D eigenvalue weighted by Gasteiger charge is 2.39. The highest BCUT2D eigenvalue weighted by atomic mass is 32.1. The van der Waals surface area contributed by atoms with Gasteiger partial charge in [-0.25, -0.2) is 0 Å². The van der Waals surface area contributed by atoms with Gasteiger partial charge in [-0.3, -0.25) is 19.5 Å². The summed E-state index contributed by atoms with van der Waals surface area (Å²) in [6, 6.07) is -0.0420. The minimum absolute atomic E-state index is 0.0420. The maximum atomic E-state index is 12.4. The number of rotatable bonds is 5. The van der Waals surface area contributed by atoms with E-state index in [1.165, 1.54) is 11.1 Å². The van der Waals surface area contributed by atoms with Gasteiger partial charge in [-0.2, -0.15) is 0 Å². The van der Waals surface area contributed by atoms with Gasteiger partial charge in [0.15, 0.2) is 11.0 Å². The monoisotopic (exact) mass is 311 g/mol. The Kier molecular flexibility index (Phi) is 5.41. The molecule has 2 rings (SSSR count). The molecule has 0 unspecified atom stereocenters. The standard InChI is InChI=1S/C14H21N3O3S/c1-3-9(2)17-13(19)11(12(18)16-14(17)21)8-15-7-10-5-4-6-20-10/h8-11H,3-7H2,1-2H3,(H,16,18,21)/t9-,10-,11+/m1/s1. The number of hydrogen-bond acceptors (Lipinski definition) is 5. The first-order chi connectivity index (χ1) is 10.0. The second kappa shape index (κ2) is 7.09. The number of carbonyl (C=O) groups excluding carboxylic acids is 2. The molecule has 3 atom stereocenters. The summed E-state index contributed by atoms with van der Waals surface area (Å²) in [7, 11) is 0. The fourth-order valence-electron chi connectivity index (χ4n) is 2.41. The number of amides is 2. The number of nitrogens with one attached hydrogen (secondary N) is 1. The summed E-state index contributed by atoms with van der Waals surface area (Å²) in [5.41, 5.74) is 0. The molecule has 6 nitrogen and oxygen atoms in total. The summed E-state index contributed by atoms with van der Waals surface area (Å²) in [6.45, 7) is 5.13. The van der Waals surface area contributed by atoms with E-state index in [9.17, 15) is 9.59 Å². The molecule has 2 heterocycles. The van der Waals surface area contributed by atoms with E-state index in [1.54, 1.807) is 0 Å². The van der Waals surface area contributed by atoms with Gasteiger partial charge in [0.1, 0.15) is 0 Å². The molecule has 2 fully saturated rings. The van der Waals surface area contributed by atoms with Crippen molar-refractivity contribution < 1.29 is 14.3 Å². The Hall–Kier alpha value is -1.34. The Bertz CT molecular complexity index is 460. The van der Waals surface area contributed by atoms with Crippen molar-refractivity contribution in [1.82, 2.24) is 10.2 Å². The summed E-state index contributed by atoms with van der Waals surface area (Å²) < 4.78 is 5.46.